The fraction of sp³-hybridized carbons (Fsp3) is 0.259. The lowest BCUT2D eigenvalue weighted by molar-refractivity contribution is -0.137. The van der Waals surface area contributed by atoms with E-state index in [0.717, 1.165) is 43.5 Å². The highest BCUT2D eigenvalue weighted by molar-refractivity contribution is 6.04. The van der Waals surface area contributed by atoms with Crippen molar-refractivity contribution in [1.29, 1.82) is 0 Å². The number of pyridine rings is 1. The second-order valence-corrected chi connectivity index (χ2v) is 8.72. The fourth-order valence-corrected chi connectivity index (χ4v) is 4.62. The van der Waals surface area contributed by atoms with Gasteiger partial charge in [-0.1, -0.05) is 18.1 Å². The molecule has 4 heterocycles. The van der Waals surface area contributed by atoms with E-state index in [1.54, 1.807) is 25.3 Å². The molecule has 0 aliphatic carbocycles. The third-order valence-corrected chi connectivity index (χ3v) is 6.34. The quantitative estimate of drug-likeness (QED) is 0.271. The molecule has 1 saturated heterocycles. The minimum absolute atomic E-state index is 0.0661. The number of likely N-dealkylation sites (tertiary alicyclic amines) is 1. The van der Waals surface area contributed by atoms with Crippen LogP contribution in [-0.2, 0) is 12.9 Å². The van der Waals surface area contributed by atoms with Crippen LogP contribution in [0.25, 0.3) is 16.8 Å². The monoisotopic (exact) mass is 522 g/mol. The van der Waals surface area contributed by atoms with Crippen molar-refractivity contribution in [2.45, 2.75) is 38.7 Å². The lowest BCUT2D eigenvalue weighted by Gasteiger charge is -2.19. The normalized spacial score (nSPS) is 15.4. The van der Waals surface area contributed by atoms with Gasteiger partial charge in [-0.05, 0) is 44.0 Å². The number of nitrogens with one attached hydrogen (secondary N) is 1. The maximum absolute atomic E-state index is 13.9. The van der Waals surface area contributed by atoms with Gasteiger partial charge >= 0.3 is 6.18 Å². The summed E-state index contributed by atoms with van der Waals surface area (Å²) in [5.41, 5.74) is 1.22. The van der Waals surface area contributed by atoms with Crippen LogP contribution in [0.15, 0.2) is 55.0 Å². The fourth-order valence-electron chi connectivity index (χ4n) is 4.62. The van der Waals surface area contributed by atoms with Crippen LogP contribution in [0.1, 0.15) is 53.2 Å². The molecular formula is C27H22F4N6O. The van der Waals surface area contributed by atoms with Crippen LogP contribution in [0.5, 0.6) is 0 Å². The summed E-state index contributed by atoms with van der Waals surface area (Å²) in [6.45, 7) is 1.80. The molecule has 4 aromatic rings. The van der Waals surface area contributed by atoms with Gasteiger partial charge in [0.25, 0.3) is 5.91 Å². The lowest BCUT2D eigenvalue weighted by Crippen LogP contribution is -2.19. The molecule has 1 amide bonds. The van der Waals surface area contributed by atoms with E-state index in [4.69, 9.17) is 4.98 Å². The molecule has 3 aromatic heterocycles. The van der Waals surface area contributed by atoms with Gasteiger partial charge in [-0.3, -0.25) is 14.2 Å². The minimum atomic E-state index is -4.55. The molecule has 1 fully saturated rings. The Balaban J connectivity index is 1.47. The molecular weight excluding hydrogens is 500 g/mol. The number of benzene rings is 1. The maximum atomic E-state index is 13.9. The Morgan fingerprint density at radius 1 is 1.16 bits per heavy atom. The third-order valence-electron chi connectivity index (χ3n) is 6.34. The molecule has 194 valence electrons. The topological polar surface area (TPSA) is 75.4 Å². The van der Waals surface area contributed by atoms with Crippen molar-refractivity contribution < 1.29 is 22.4 Å². The van der Waals surface area contributed by atoms with E-state index >= 15 is 0 Å². The second-order valence-electron chi connectivity index (χ2n) is 8.72. The number of hydrogen-bond donors (Lipinski definition) is 1. The Bertz CT molecular complexity index is 1550. The second kappa shape index (κ2) is 10.1. The molecule has 1 atom stereocenters. The van der Waals surface area contributed by atoms with Crippen molar-refractivity contribution in [1.82, 2.24) is 24.3 Å². The zero-order chi connectivity index (χ0) is 26.9. The number of rotatable bonds is 5. The van der Waals surface area contributed by atoms with E-state index in [1.807, 2.05) is 9.30 Å². The van der Waals surface area contributed by atoms with Crippen LogP contribution >= 0.6 is 0 Å². The predicted octanol–water partition coefficient (Wildman–Crippen LogP) is 5.65. The van der Waals surface area contributed by atoms with Gasteiger partial charge in [0.2, 0.25) is 0 Å². The Morgan fingerprint density at radius 2 is 1.95 bits per heavy atom. The van der Waals surface area contributed by atoms with Crippen LogP contribution in [0.4, 0.5) is 23.4 Å². The molecule has 1 unspecified atom stereocenters. The Hall–Kier alpha value is -4.46. The van der Waals surface area contributed by atoms with Gasteiger partial charge in [0.1, 0.15) is 18.3 Å². The van der Waals surface area contributed by atoms with E-state index in [2.05, 4.69) is 27.2 Å². The van der Waals surface area contributed by atoms with E-state index in [0.29, 0.717) is 16.8 Å². The number of carbonyl (C=O) groups excluding carboxylic acids is 1. The van der Waals surface area contributed by atoms with E-state index in [1.165, 1.54) is 18.3 Å². The summed E-state index contributed by atoms with van der Waals surface area (Å²) in [5, 5.41) is 2.39. The highest BCUT2D eigenvalue weighted by atomic mass is 19.4. The van der Waals surface area contributed by atoms with E-state index < -0.39 is 24.3 Å². The van der Waals surface area contributed by atoms with Crippen LogP contribution in [0, 0.1) is 12.0 Å². The highest BCUT2D eigenvalue weighted by Crippen LogP contribution is 2.36. The van der Waals surface area contributed by atoms with Crippen LogP contribution in [-0.4, -0.2) is 36.7 Å². The van der Waals surface area contributed by atoms with Crippen molar-refractivity contribution in [3.05, 3.63) is 77.6 Å². The summed E-state index contributed by atoms with van der Waals surface area (Å²) in [6.07, 6.45) is 1.52. The summed E-state index contributed by atoms with van der Waals surface area (Å²) in [6, 6.07) is 11.0. The first-order valence-corrected chi connectivity index (χ1v) is 11.9. The molecule has 1 aromatic carbocycles. The number of aromatic nitrogens is 4. The number of alkyl halides is 4. The lowest BCUT2D eigenvalue weighted by atomic mass is 10.1. The molecule has 5 rings (SSSR count). The molecule has 0 saturated carbocycles. The van der Waals surface area contributed by atoms with E-state index in [-0.39, 0.29) is 23.1 Å². The molecule has 0 bridgehead atoms. The number of halogens is 4. The number of amides is 1. The highest BCUT2D eigenvalue weighted by Gasteiger charge is 2.31. The first-order chi connectivity index (χ1) is 18.3. The van der Waals surface area contributed by atoms with Gasteiger partial charge in [0.05, 0.1) is 28.5 Å². The minimum Gasteiger partial charge on any atom is -0.322 e. The first kappa shape index (κ1) is 25.2. The summed E-state index contributed by atoms with van der Waals surface area (Å²) < 4.78 is 54.7. The van der Waals surface area contributed by atoms with Crippen molar-refractivity contribution in [3.63, 3.8) is 0 Å². The van der Waals surface area contributed by atoms with Gasteiger partial charge in [-0.2, -0.15) is 13.2 Å². The van der Waals surface area contributed by atoms with Gasteiger partial charge in [0, 0.05) is 42.3 Å². The Kier molecular flexibility index (Phi) is 6.72. The number of hydrogen-bond acceptors (Lipinski definition) is 5. The Morgan fingerprint density at radius 3 is 2.66 bits per heavy atom. The number of fused-ring (bicyclic) bond motifs is 1. The number of imidazole rings is 1. The van der Waals surface area contributed by atoms with Crippen LogP contribution < -0.4 is 5.32 Å². The smallest absolute Gasteiger partial charge is 0.322 e. The standard InChI is InChI=1S/C27H22F4N6O/c1-2-12-36-13-3-4-21(36)25-35-23(24-20(16-28)32-11-14-37(24)25)17-5-7-18(8-6-17)26(38)34-22-15-19(9-10-33-22)27(29,30)31/h5-11,14-15,21H,3-4,13,16H2,1H3,(H,33,34,38). The summed E-state index contributed by atoms with van der Waals surface area (Å²) >= 11 is 0. The number of anilines is 1. The van der Waals surface area contributed by atoms with Gasteiger partial charge in [-0.25, -0.2) is 14.4 Å². The van der Waals surface area contributed by atoms with Crippen LogP contribution in [0.3, 0.4) is 0 Å². The summed E-state index contributed by atoms with van der Waals surface area (Å²) in [7, 11) is 0. The SMILES string of the molecule is CC#CN1CCCC1c1nc(-c2ccc(C(=O)Nc3cc(C(F)(F)F)ccn3)cc2)c2c(CF)nccn12. The molecule has 1 aliphatic rings. The molecule has 11 heteroatoms. The summed E-state index contributed by atoms with van der Waals surface area (Å²) in [5.74, 6) is 2.82. The molecule has 0 radical (unpaired) electrons. The van der Waals surface area contributed by atoms with Crippen molar-refractivity contribution in [3.8, 4) is 23.2 Å². The van der Waals surface area contributed by atoms with Gasteiger partial charge in [-0.15, -0.1) is 0 Å². The van der Waals surface area contributed by atoms with Crippen LogP contribution in [0.2, 0.25) is 0 Å². The molecule has 1 aliphatic heterocycles. The first-order valence-electron chi connectivity index (χ1n) is 11.9. The number of carbonyl (C=O) groups is 1. The van der Waals surface area contributed by atoms with Crippen molar-refractivity contribution >= 4 is 17.2 Å². The average molecular weight is 523 g/mol. The van der Waals surface area contributed by atoms with E-state index in [9.17, 15) is 22.4 Å². The molecule has 38 heavy (non-hydrogen) atoms. The molecule has 7 nitrogen and oxygen atoms in total. The molecule has 1 N–H and O–H groups in total. The number of nitrogens with zero attached hydrogens (tertiary/aromatic N) is 5. The zero-order valence-corrected chi connectivity index (χ0v) is 20.3. The van der Waals surface area contributed by atoms with Gasteiger partial charge in [0.15, 0.2) is 0 Å². The Labute approximate surface area is 215 Å². The average Bonchev–Trinajstić information content (AvgIpc) is 3.53. The van der Waals surface area contributed by atoms with Crippen molar-refractivity contribution in [2.75, 3.05) is 11.9 Å². The third kappa shape index (κ3) is 4.77. The van der Waals surface area contributed by atoms with Crippen molar-refractivity contribution in [2.24, 2.45) is 0 Å². The predicted molar refractivity (Wildman–Crippen MR) is 133 cm³/mol. The molecule has 0 spiro atoms. The zero-order valence-electron chi connectivity index (χ0n) is 20.3. The largest absolute Gasteiger partial charge is 0.416 e. The summed E-state index contributed by atoms with van der Waals surface area (Å²) in [4.78, 5) is 27.6. The van der Waals surface area contributed by atoms with Gasteiger partial charge < -0.3 is 10.2 Å². The maximum Gasteiger partial charge on any atom is 0.416 e.